The Kier molecular flexibility index (Phi) is 3.64. The third kappa shape index (κ3) is 2.76. The van der Waals surface area contributed by atoms with E-state index in [9.17, 15) is 4.79 Å². The average molecular weight is 283 g/mol. The topological polar surface area (TPSA) is 57.8 Å². The Labute approximate surface area is 124 Å². The molecular weight excluding hydrogens is 262 g/mol. The first-order valence-corrected chi connectivity index (χ1v) is 7.45. The van der Waals surface area contributed by atoms with Gasteiger partial charge in [-0.25, -0.2) is 4.98 Å². The minimum Gasteiger partial charge on any atom is -0.310 e. The highest BCUT2D eigenvalue weighted by Gasteiger charge is 2.24. The van der Waals surface area contributed by atoms with Crippen LogP contribution >= 0.6 is 0 Å². The van der Waals surface area contributed by atoms with Gasteiger partial charge in [-0.2, -0.15) is 0 Å². The Balaban J connectivity index is 1.77. The number of benzene rings is 1. The summed E-state index contributed by atoms with van der Waals surface area (Å²) >= 11 is 0. The quantitative estimate of drug-likeness (QED) is 0.908. The molecule has 1 heterocycles. The molecule has 2 aromatic rings. The fourth-order valence-electron chi connectivity index (χ4n) is 3.36. The number of aryl methyl sites for hydroxylation is 2. The highest BCUT2D eigenvalue weighted by atomic mass is 16.1. The number of nitrogens with zero attached hydrogens (tertiary/aromatic N) is 1. The SMILES string of the molecule is Cc1nc(C)c(C(C)NC2Cc3ccccc3C2)c(=O)[nH]1. The molecule has 2 N–H and O–H groups in total. The van der Waals surface area contributed by atoms with Crippen molar-refractivity contribution in [2.75, 3.05) is 0 Å². The standard InChI is InChI=1S/C17H21N3O/c1-10-16(17(21)20-12(3)18-10)11(2)19-15-8-13-6-4-5-7-14(13)9-15/h4-7,11,15,19H,8-9H2,1-3H3,(H,18,20,21). The molecule has 1 aromatic carbocycles. The highest BCUT2D eigenvalue weighted by molar-refractivity contribution is 5.33. The maximum Gasteiger partial charge on any atom is 0.255 e. The lowest BCUT2D eigenvalue weighted by Crippen LogP contribution is -2.35. The van der Waals surface area contributed by atoms with Crippen molar-refractivity contribution in [3.63, 3.8) is 0 Å². The van der Waals surface area contributed by atoms with Gasteiger partial charge < -0.3 is 10.3 Å². The number of fused-ring (bicyclic) bond motifs is 1. The number of aromatic nitrogens is 2. The monoisotopic (exact) mass is 283 g/mol. The fourth-order valence-corrected chi connectivity index (χ4v) is 3.36. The van der Waals surface area contributed by atoms with Gasteiger partial charge >= 0.3 is 0 Å². The van der Waals surface area contributed by atoms with Crippen LogP contribution in [-0.4, -0.2) is 16.0 Å². The van der Waals surface area contributed by atoms with Gasteiger partial charge in [0.1, 0.15) is 5.82 Å². The zero-order valence-corrected chi connectivity index (χ0v) is 12.7. The molecular formula is C17H21N3O. The van der Waals surface area contributed by atoms with E-state index in [-0.39, 0.29) is 11.6 Å². The number of rotatable bonds is 3. The fraction of sp³-hybridized carbons (Fsp3) is 0.412. The number of hydrogen-bond acceptors (Lipinski definition) is 3. The van der Waals surface area contributed by atoms with E-state index in [1.165, 1.54) is 11.1 Å². The average Bonchev–Trinajstić information content (AvgIpc) is 2.79. The highest BCUT2D eigenvalue weighted by Crippen LogP contribution is 2.23. The Morgan fingerprint density at radius 2 is 1.86 bits per heavy atom. The molecule has 0 radical (unpaired) electrons. The summed E-state index contributed by atoms with van der Waals surface area (Å²) in [5.41, 5.74) is 4.35. The molecule has 1 aromatic heterocycles. The normalized spacial score (nSPS) is 16.0. The Hall–Kier alpha value is -1.94. The van der Waals surface area contributed by atoms with E-state index in [4.69, 9.17) is 0 Å². The molecule has 0 saturated heterocycles. The van der Waals surface area contributed by atoms with Crippen molar-refractivity contribution in [2.45, 2.75) is 45.7 Å². The second-order valence-electron chi connectivity index (χ2n) is 5.91. The first kappa shape index (κ1) is 14.0. The van der Waals surface area contributed by atoms with Gasteiger partial charge in [-0.3, -0.25) is 4.79 Å². The van der Waals surface area contributed by atoms with Crippen LogP contribution in [0.3, 0.4) is 0 Å². The molecule has 0 fully saturated rings. The van der Waals surface area contributed by atoms with Gasteiger partial charge in [-0.1, -0.05) is 24.3 Å². The lowest BCUT2D eigenvalue weighted by molar-refractivity contribution is 0.462. The summed E-state index contributed by atoms with van der Waals surface area (Å²) in [4.78, 5) is 19.3. The second kappa shape index (κ2) is 5.45. The number of hydrogen-bond donors (Lipinski definition) is 2. The van der Waals surface area contributed by atoms with Crippen LogP contribution in [0.2, 0.25) is 0 Å². The van der Waals surface area contributed by atoms with E-state index in [0.717, 1.165) is 24.1 Å². The Bertz CT molecular complexity index is 695. The summed E-state index contributed by atoms with van der Waals surface area (Å²) in [6, 6.07) is 8.94. The molecule has 21 heavy (non-hydrogen) atoms. The molecule has 0 bridgehead atoms. The van der Waals surface area contributed by atoms with Crippen LogP contribution < -0.4 is 10.9 Å². The molecule has 0 amide bonds. The zero-order chi connectivity index (χ0) is 15.0. The van der Waals surface area contributed by atoms with Crippen LogP contribution in [0.4, 0.5) is 0 Å². The first-order chi connectivity index (χ1) is 10.0. The van der Waals surface area contributed by atoms with Gasteiger partial charge in [0.2, 0.25) is 0 Å². The van der Waals surface area contributed by atoms with Crippen LogP contribution in [0.25, 0.3) is 0 Å². The van der Waals surface area contributed by atoms with E-state index >= 15 is 0 Å². The van der Waals surface area contributed by atoms with E-state index in [2.05, 4.69) is 39.6 Å². The molecule has 0 aliphatic heterocycles. The Morgan fingerprint density at radius 1 is 1.24 bits per heavy atom. The van der Waals surface area contributed by atoms with Gasteiger partial charge in [-0.15, -0.1) is 0 Å². The van der Waals surface area contributed by atoms with Crippen molar-refractivity contribution in [1.82, 2.24) is 15.3 Å². The van der Waals surface area contributed by atoms with Crippen molar-refractivity contribution in [3.05, 3.63) is 62.8 Å². The van der Waals surface area contributed by atoms with Crippen molar-refractivity contribution in [2.24, 2.45) is 0 Å². The van der Waals surface area contributed by atoms with Gasteiger partial charge in [0.25, 0.3) is 5.56 Å². The molecule has 3 rings (SSSR count). The van der Waals surface area contributed by atoms with Crippen molar-refractivity contribution >= 4 is 0 Å². The van der Waals surface area contributed by atoms with Crippen molar-refractivity contribution in [1.29, 1.82) is 0 Å². The third-order valence-corrected chi connectivity index (χ3v) is 4.23. The summed E-state index contributed by atoms with van der Waals surface area (Å²) in [7, 11) is 0. The molecule has 4 nitrogen and oxygen atoms in total. The van der Waals surface area contributed by atoms with Crippen molar-refractivity contribution < 1.29 is 0 Å². The van der Waals surface area contributed by atoms with Gasteiger partial charge in [0, 0.05) is 17.8 Å². The smallest absolute Gasteiger partial charge is 0.255 e. The molecule has 1 atom stereocenters. The van der Waals surface area contributed by atoms with Crippen LogP contribution in [-0.2, 0) is 12.8 Å². The molecule has 1 aliphatic carbocycles. The maximum atomic E-state index is 12.2. The van der Waals surface area contributed by atoms with Crippen LogP contribution in [0.5, 0.6) is 0 Å². The molecule has 1 aliphatic rings. The number of H-pyrrole nitrogens is 1. The summed E-state index contributed by atoms with van der Waals surface area (Å²) < 4.78 is 0. The van der Waals surface area contributed by atoms with Gasteiger partial charge in [0.05, 0.1) is 5.56 Å². The van der Waals surface area contributed by atoms with Crippen LogP contribution in [0.15, 0.2) is 29.1 Å². The van der Waals surface area contributed by atoms with E-state index < -0.39 is 0 Å². The Morgan fingerprint density at radius 3 is 2.43 bits per heavy atom. The maximum absolute atomic E-state index is 12.2. The molecule has 0 spiro atoms. The zero-order valence-electron chi connectivity index (χ0n) is 12.7. The minimum absolute atomic E-state index is 0.00108. The first-order valence-electron chi connectivity index (χ1n) is 7.45. The van der Waals surface area contributed by atoms with Crippen LogP contribution in [0.1, 0.15) is 41.2 Å². The summed E-state index contributed by atoms with van der Waals surface area (Å²) in [5.74, 6) is 0.668. The summed E-state index contributed by atoms with van der Waals surface area (Å²) in [6.07, 6.45) is 2.05. The van der Waals surface area contributed by atoms with E-state index in [0.29, 0.717) is 11.9 Å². The predicted octanol–water partition coefficient (Wildman–Crippen LogP) is 2.20. The van der Waals surface area contributed by atoms with E-state index in [1.54, 1.807) is 0 Å². The van der Waals surface area contributed by atoms with E-state index in [1.807, 2.05) is 20.8 Å². The predicted molar refractivity (Wildman–Crippen MR) is 83.5 cm³/mol. The molecule has 4 heteroatoms. The van der Waals surface area contributed by atoms with Gasteiger partial charge in [0.15, 0.2) is 0 Å². The lowest BCUT2D eigenvalue weighted by atomic mass is 10.1. The minimum atomic E-state index is -0.0319. The lowest BCUT2D eigenvalue weighted by Gasteiger charge is -2.20. The van der Waals surface area contributed by atoms with Gasteiger partial charge in [-0.05, 0) is 44.7 Å². The number of aromatic amines is 1. The summed E-state index contributed by atoms with van der Waals surface area (Å²) in [5, 5.41) is 3.58. The van der Waals surface area contributed by atoms with Crippen molar-refractivity contribution in [3.8, 4) is 0 Å². The molecule has 110 valence electrons. The summed E-state index contributed by atoms with van der Waals surface area (Å²) in [6.45, 7) is 5.75. The molecule has 0 saturated carbocycles. The third-order valence-electron chi connectivity index (χ3n) is 4.23. The second-order valence-corrected chi connectivity index (χ2v) is 5.91. The molecule has 1 unspecified atom stereocenters. The van der Waals surface area contributed by atoms with Crippen LogP contribution in [0, 0.1) is 13.8 Å². The largest absolute Gasteiger partial charge is 0.310 e. The number of nitrogens with one attached hydrogen (secondary N) is 2.